The van der Waals surface area contributed by atoms with Crippen LogP contribution in [0, 0.1) is 12.1 Å². The summed E-state index contributed by atoms with van der Waals surface area (Å²) in [5.74, 6) is 1.13. The third-order valence-corrected chi connectivity index (χ3v) is 11.1. The van der Waals surface area contributed by atoms with Gasteiger partial charge in [-0.05, 0) is 85.8 Å². The molecule has 0 aliphatic carbocycles. The van der Waals surface area contributed by atoms with E-state index < -0.39 is 11.7 Å². The van der Waals surface area contributed by atoms with Gasteiger partial charge < -0.3 is 13.8 Å². The zero-order chi connectivity index (χ0) is 43.0. The van der Waals surface area contributed by atoms with Gasteiger partial charge in [0, 0.05) is 37.3 Å². The maximum absolute atomic E-state index is 12.3. The van der Waals surface area contributed by atoms with Crippen molar-refractivity contribution in [3.8, 4) is 56.1 Å². The maximum atomic E-state index is 12.3. The van der Waals surface area contributed by atoms with E-state index >= 15 is 0 Å². The van der Waals surface area contributed by atoms with Gasteiger partial charge in [-0.25, -0.2) is 0 Å². The molecule has 0 aliphatic rings. The van der Waals surface area contributed by atoms with Gasteiger partial charge in [-0.3, -0.25) is 4.98 Å². The van der Waals surface area contributed by atoms with Crippen LogP contribution in [0.1, 0.15) is 56.2 Å². The predicted octanol–water partition coefficient (Wildman–Crippen LogP) is 16.0. The molecule has 0 unspecified atom stereocenters. The Labute approximate surface area is 377 Å². The van der Waals surface area contributed by atoms with Crippen LogP contribution in [0.4, 0.5) is 13.2 Å². The summed E-state index contributed by atoms with van der Waals surface area (Å²) in [6.45, 7) is 9.07. The smallest absolute Gasteiger partial charge is 0.381 e. The van der Waals surface area contributed by atoms with Crippen LogP contribution in [0.3, 0.4) is 0 Å². The molecule has 3 heterocycles. The zero-order valence-corrected chi connectivity index (χ0v) is 37.3. The second-order valence-electron chi connectivity index (χ2n) is 15.9. The van der Waals surface area contributed by atoms with Crippen LogP contribution in [0.5, 0.6) is 0 Å². The fourth-order valence-corrected chi connectivity index (χ4v) is 7.95. The van der Waals surface area contributed by atoms with E-state index in [1.165, 1.54) is 33.9 Å². The first-order valence-corrected chi connectivity index (χ1v) is 20.6. The Morgan fingerprint density at radius 1 is 0.587 bits per heavy atom. The summed E-state index contributed by atoms with van der Waals surface area (Å²) in [5, 5.41) is 2.08. The molecule has 0 saturated heterocycles. The number of para-hydroxylation sites is 1. The van der Waals surface area contributed by atoms with E-state index in [4.69, 9.17) is 13.8 Å². The molecular formula is C55H41F3IrN2O2-2. The third-order valence-electron chi connectivity index (χ3n) is 11.1. The van der Waals surface area contributed by atoms with Gasteiger partial charge in [0.05, 0.1) is 11.1 Å². The van der Waals surface area contributed by atoms with Crippen LogP contribution >= 0.6 is 0 Å². The number of alkyl halides is 3. The number of hydrogen-bond acceptors (Lipinski definition) is 4. The molecule has 0 N–H and O–H groups in total. The Morgan fingerprint density at radius 2 is 1.27 bits per heavy atom. The normalized spacial score (nSPS) is 11.6. The number of rotatable bonds is 7. The van der Waals surface area contributed by atoms with Crippen LogP contribution in [-0.2, 0) is 26.3 Å². The van der Waals surface area contributed by atoms with E-state index in [9.17, 15) is 13.2 Å². The van der Waals surface area contributed by atoms with Gasteiger partial charge in [-0.1, -0.05) is 142 Å². The Kier molecular flexibility index (Phi) is 12.3. The van der Waals surface area contributed by atoms with Crippen molar-refractivity contribution in [2.75, 3.05) is 0 Å². The second kappa shape index (κ2) is 18.0. The monoisotopic (exact) mass is 1010 g/mol. The number of halogens is 3. The van der Waals surface area contributed by atoms with Gasteiger partial charge in [-0.15, -0.1) is 48.0 Å². The van der Waals surface area contributed by atoms with Crippen molar-refractivity contribution < 1.29 is 42.1 Å². The fraction of sp³-hybridized carbons (Fsp3) is 0.127. The number of benzene rings is 7. The van der Waals surface area contributed by atoms with E-state index in [1.54, 1.807) is 24.4 Å². The van der Waals surface area contributed by atoms with E-state index in [-0.39, 0.29) is 20.1 Å². The average Bonchev–Trinajstić information content (AvgIpc) is 3.91. The molecule has 0 atom stereocenters. The number of furan rings is 1. The molecule has 0 bridgehead atoms. The zero-order valence-electron chi connectivity index (χ0n) is 34.9. The Morgan fingerprint density at radius 3 is 1.89 bits per heavy atom. The van der Waals surface area contributed by atoms with Crippen molar-refractivity contribution in [1.29, 1.82) is 0 Å². The Bertz CT molecular complexity index is 3130. The number of fused-ring (bicyclic) bond motifs is 4. The van der Waals surface area contributed by atoms with Crippen molar-refractivity contribution in [3.05, 3.63) is 193 Å². The molecule has 1 radical (unpaired) electrons. The van der Waals surface area contributed by atoms with Crippen molar-refractivity contribution in [2.24, 2.45) is 0 Å². The minimum Gasteiger partial charge on any atom is -0.500 e. The van der Waals surface area contributed by atoms with Crippen molar-refractivity contribution in [3.63, 3.8) is 0 Å². The number of hydrogen-bond donors (Lipinski definition) is 0. The summed E-state index contributed by atoms with van der Waals surface area (Å²) < 4.78 is 50.1. The molecular weight excluding hydrogens is 970 g/mol. The van der Waals surface area contributed by atoms with Gasteiger partial charge >= 0.3 is 6.18 Å². The van der Waals surface area contributed by atoms with Gasteiger partial charge in [0.2, 0.25) is 0 Å². The fourth-order valence-electron chi connectivity index (χ4n) is 7.95. The van der Waals surface area contributed by atoms with Gasteiger partial charge in [-0.2, -0.15) is 13.2 Å². The number of aromatic nitrogens is 2. The maximum Gasteiger partial charge on any atom is 0.381 e. The standard InChI is InChI=1S/C43H34NO2.C12H7F3N.Ir/c1-26(2)36-23-31(29-15-9-6-10-16-29)24-37(27(3)4)40(36)34-18-12-20-38-42(34)46-43(44-38)35-19-11-17-33-32-22-21-30(25-39(32)45-41(33)35)28-13-7-5-8-14-28;13-12(14,15)10-6-4-9(5-7-10)11-3-1-2-8-16-11;/h5-18,20-27H,1-4H3;1-4,6-8H;/q2*-1;. The first-order chi connectivity index (χ1) is 30.0. The van der Waals surface area contributed by atoms with Crippen molar-refractivity contribution in [2.45, 2.75) is 45.7 Å². The predicted molar refractivity (Wildman–Crippen MR) is 244 cm³/mol. The number of nitrogens with zero attached hydrogens (tertiary/aromatic N) is 2. The molecule has 4 nitrogen and oxygen atoms in total. The first-order valence-electron chi connectivity index (χ1n) is 20.6. The minimum atomic E-state index is -4.32. The molecule has 315 valence electrons. The molecule has 3 aromatic heterocycles. The van der Waals surface area contributed by atoms with E-state index in [2.05, 4.69) is 148 Å². The first kappa shape index (κ1) is 43.1. The van der Waals surface area contributed by atoms with Crippen LogP contribution in [-0.4, -0.2) is 9.97 Å². The van der Waals surface area contributed by atoms with Crippen molar-refractivity contribution >= 4 is 33.0 Å². The quantitative estimate of drug-likeness (QED) is 0.149. The Balaban J connectivity index is 0.000000271. The number of oxazole rings is 1. The summed E-state index contributed by atoms with van der Waals surface area (Å²) in [6.07, 6.45) is -2.74. The molecule has 8 heteroatoms. The molecule has 7 aromatic carbocycles. The van der Waals surface area contributed by atoms with E-state index in [1.807, 2.05) is 18.2 Å². The van der Waals surface area contributed by atoms with Crippen LogP contribution in [0.25, 0.3) is 89.1 Å². The molecule has 0 aliphatic heterocycles. The van der Waals surface area contributed by atoms with Crippen LogP contribution < -0.4 is 0 Å². The molecule has 0 fully saturated rings. The summed E-state index contributed by atoms with van der Waals surface area (Å²) in [7, 11) is 0. The average molecular weight is 1010 g/mol. The van der Waals surface area contributed by atoms with Crippen LogP contribution in [0.2, 0.25) is 0 Å². The summed E-state index contributed by atoms with van der Waals surface area (Å²) in [6, 6.07) is 56.9. The van der Waals surface area contributed by atoms with E-state index in [0.717, 1.165) is 67.4 Å². The largest absolute Gasteiger partial charge is 0.500 e. The topological polar surface area (TPSA) is 52.1 Å². The molecule has 10 aromatic rings. The molecule has 0 saturated carbocycles. The van der Waals surface area contributed by atoms with Crippen molar-refractivity contribution in [1.82, 2.24) is 9.97 Å². The summed E-state index contributed by atoms with van der Waals surface area (Å²) >= 11 is 0. The summed E-state index contributed by atoms with van der Waals surface area (Å²) in [4.78, 5) is 9.04. The molecule has 0 amide bonds. The minimum absolute atomic E-state index is 0. The van der Waals surface area contributed by atoms with Gasteiger partial charge in [0.15, 0.2) is 0 Å². The van der Waals surface area contributed by atoms with Crippen LogP contribution in [0.15, 0.2) is 173 Å². The summed E-state index contributed by atoms with van der Waals surface area (Å²) in [5.41, 5.74) is 14.0. The SMILES string of the molecule is CC(C)c1cc(-c2ccccc2)cc(C(C)C)c1-c1cccc2nc(-c3[c-]ccc4c3oc3cc(-c5ccccc5)ccc34)oc12.FC(F)(F)c1c[c-]c(-c2ccccn2)cc1.[Ir]. The molecule has 0 spiro atoms. The number of pyridine rings is 1. The molecule has 10 rings (SSSR count). The molecule has 63 heavy (non-hydrogen) atoms. The second-order valence-corrected chi connectivity index (χ2v) is 15.9. The third kappa shape index (κ3) is 8.75. The van der Waals surface area contributed by atoms with Gasteiger partial charge in [0.1, 0.15) is 17.1 Å². The van der Waals surface area contributed by atoms with E-state index in [0.29, 0.717) is 29.0 Å². The van der Waals surface area contributed by atoms with Gasteiger partial charge in [0.25, 0.3) is 0 Å². The Hall–Kier alpha value is -6.60.